The van der Waals surface area contributed by atoms with Gasteiger partial charge in [-0.25, -0.2) is 0 Å². The molecule has 0 aliphatic carbocycles. The number of carbonyl (C=O) groups is 1. The van der Waals surface area contributed by atoms with Crippen molar-refractivity contribution in [2.45, 2.75) is 13.3 Å². The van der Waals surface area contributed by atoms with Crippen LogP contribution < -0.4 is 4.74 Å². The predicted octanol–water partition coefficient (Wildman–Crippen LogP) is 4.61. The minimum Gasteiger partial charge on any atom is -0.508 e. The molecule has 0 unspecified atom stereocenters. The minimum atomic E-state index is -0.356. The Morgan fingerprint density at radius 2 is 1.88 bits per heavy atom. The van der Waals surface area contributed by atoms with Crippen molar-refractivity contribution in [1.29, 1.82) is 0 Å². The van der Waals surface area contributed by atoms with E-state index in [1.54, 1.807) is 24.4 Å². The lowest BCUT2D eigenvalue weighted by Gasteiger charge is -2.12. The SMILES string of the molecule is CC(=O)Oc1ccc2c(Cc3cccc4cccnc34)c(O)ccc2c1. The Morgan fingerprint density at radius 1 is 1.04 bits per heavy atom. The first-order chi connectivity index (χ1) is 12.6. The fourth-order valence-electron chi connectivity index (χ4n) is 3.28. The Kier molecular flexibility index (Phi) is 4.01. The molecule has 128 valence electrons. The molecule has 0 fully saturated rings. The zero-order valence-corrected chi connectivity index (χ0v) is 14.3. The van der Waals surface area contributed by atoms with Crippen LogP contribution in [0.4, 0.5) is 0 Å². The number of hydrogen-bond acceptors (Lipinski definition) is 4. The number of fused-ring (bicyclic) bond motifs is 2. The summed E-state index contributed by atoms with van der Waals surface area (Å²) < 4.78 is 5.16. The van der Waals surface area contributed by atoms with Crippen LogP contribution in [0.2, 0.25) is 0 Å². The highest BCUT2D eigenvalue weighted by atomic mass is 16.5. The smallest absolute Gasteiger partial charge is 0.308 e. The Bertz CT molecular complexity index is 1130. The summed E-state index contributed by atoms with van der Waals surface area (Å²) in [5, 5.41) is 13.4. The highest BCUT2D eigenvalue weighted by molar-refractivity contribution is 5.90. The van der Waals surface area contributed by atoms with Gasteiger partial charge in [-0.1, -0.05) is 36.4 Å². The predicted molar refractivity (Wildman–Crippen MR) is 101 cm³/mol. The van der Waals surface area contributed by atoms with Gasteiger partial charge in [0.15, 0.2) is 0 Å². The summed E-state index contributed by atoms with van der Waals surface area (Å²) >= 11 is 0. The lowest BCUT2D eigenvalue weighted by molar-refractivity contribution is -0.131. The second kappa shape index (κ2) is 6.48. The standard InChI is InChI=1S/C22H17NO3/c1-14(24)26-18-8-9-19-16(12-18)7-10-21(25)20(19)13-17-5-2-4-15-6-3-11-23-22(15)17/h2-12,25H,13H2,1H3. The molecule has 0 saturated carbocycles. The molecule has 4 heteroatoms. The van der Waals surface area contributed by atoms with Crippen LogP contribution >= 0.6 is 0 Å². The third-order valence-electron chi connectivity index (χ3n) is 4.42. The monoisotopic (exact) mass is 343 g/mol. The summed E-state index contributed by atoms with van der Waals surface area (Å²) in [5.74, 6) is 0.379. The van der Waals surface area contributed by atoms with Gasteiger partial charge in [0.1, 0.15) is 11.5 Å². The maximum absolute atomic E-state index is 11.2. The number of ether oxygens (including phenoxy) is 1. The third kappa shape index (κ3) is 2.97. The van der Waals surface area contributed by atoms with E-state index >= 15 is 0 Å². The van der Waals surface area contributed by atoms with Crippen molar-refractivity contribution in [1.82, 2.24) is 4.98 Å². The van der Waals surface area contributed by atoms with Crippen molar-refractivity contribution in [2.75, 3.05) is 0 Å². The van der Waals surface area contributed by atoms with E-state index in [1.165, 1.54) is 6.92 Å². The number of nitrogens with zero attached hydrogens (tertiary/aromatic N) is 1. The van der Waals surface area contributed by atoms with Crippen molar-refractivity contribution in [3.05, 3.63) is 78.0 Å². The van der Waals surface area contributed by atoms with E-state index in [9.17, 15) is 9.90 Å². The van der Waals surface area contributed by atoms with Crippen LogP contribution in [0.15, 0.2) is 66.9 Å². The second-order valence-electron chi connectivity index (χ2n) is 6.21. The molecule has 0 bridgehead atoms. The number of para-hydroxylation sites is 1. The normalized spacial score (nSPS) is 11.0. The third-order valence-corrected chi connectivity index (χ3v) is 4.42. The molecule has 3 aromatic carbocycles. The summed E-state index contributed by atoms with van der Waals surface area (Å²) in [6.45, 7) is 1.37. The van der Waals surface area contributed by atoms with Gasteiger partial charge in [-0.2, -0.15) is 0 Å². The van der Waals surface area contributed by atoms with Gasteiger partial charge in [0, 0.05) is 30.5 Å². The van der Waals surface area contributed by atoms with E-state index in [4.69, 9.17) is 4.74 Å². The molecule has 26 heavy (non-hydrogen) atoms. The minimum absolute atomic E-state index is 0.241. The second-order valence-corrected chi connectivity index (χ2v) is 6.21. The van der Waals surface area contributed by atoms with E-state index < -0.39 is 0 Å². The Labute approximate surface area is 150 Å². The van der Waals surface area contributed by atoms with Crippen LogP contribution in [-0.2, 0) is 11.2 Å². The van der Waals surface area contributed by atoms with E-state index in [2.05, 4.69) is 4.98 Å². The van der Waals surface area contributed by atoms with Crippen LogP contribution in [0.1, 0.15) is 18.1 Å². The average Bonchev–Trinajstić information content (AvgIpc) is 2.64. The number of rotatable bonds is 3. The van der Waals surface area contributed by atoms with Crippen molar-refractivity contribution < 1.29 is 14.6 Å². The largest absolute Gasteiger partial charge is 0.508 e. The Balaban J connectivity index is 1.82. The van der Waals surface area contributed by atoms with Crippen LogP contribution in [0, 0.1) is 0 Å². The van der Waals surface area contributed by atoms with Crippen molar-refractivity contribution in [2.24, 2.45) is 0 Å². The number of carbonyl (C=O) groups excluding carboxylic acids is 1. The average molecular weight is 343 g/mol. The summed E-state index contributed by atoms with van der Waals surface area (Å²) in [6, 6.07) is 18.9. The number of esters is 1. The molecule has 1 heterocycles. The fraction of sp³-hybridized carbons (Fsp3) is 0.0909. The van der Waals surface area contributed by atoms with E-state index in [0.717, 1.165) is 32.8 Å². The van der Waals surface area contributed by atoms with Crippen LogP contribution in [0.3, 0.4) is 0 Å². The topological polar surface area (TPSA) is 59.4 Å². The molecule has 0 atom stereocenters. The number of phenolic OH excluding ortho intramolecular Hbond substituents is 1. The molecule has 0 radical (unpaired) electrons. The summed E-state index contributed by atoms with van der Waals surface area (Å²) in [6.07, 6.45) is 2.34. The van der Waals surface area contributed by atoms with Crippen molar-refractivity contribution in [3.63, 3.8) is 0 Å². The highest BCUT2D eigenvalue weighted by Gasteiger charge is 2.12. The molecule has 0 saturated heterocycles. The highest BCUT2D eigenvalue weighted by Crippen LogP contribution is 2.32. The lowest BCUT2D eigenvalue weighted by atomic mass is 9.96. The lowest BCUT2D eigenvalue weighted by Crippen LogP contribution is -2.01. The van der Waals surface area contributed by atoms with Crippen molar-refractivity contribution >= 4 is 27.6 Å². The Morgan fingerprint density at radius 3 is 2.73 bits per heavy atom. The van der Waals surface area contributed by atoms with Gasteiger partial charge < -0.3 is 9.84 Å². The summed E-state index contributed by atoms with van der Waals surface area (Å²) in [5.41, 5.74) is 2.81. The number of benzene rings is 3. The molecule has 4 nitrogen and oxygen atoms in total. The first-order valence-corrected chi connectivity index (χ1v) is 8.37. The first-order valence-electron chi connectivity index (χ1n) is 8.37. The fourth-order valence-corrected chi connectivity index (χ4v) is 3.28. The molecule has 4 rings (SSSR count). The Hall–Kier alpha value is -3.40. The molecule has 0 amide bonds. The van der Waals surface area contributed by atoms with Gasteiger partial charge >= 0.3 is 5.97 Å². The molecule has 0 spiro atoms. The number of phenols is 1. The summed E-state index contributed by atoms with van der Waals surface area (Å²) in [7, 11) is 0. The van der Waals surface area contributed by atoms with Gasteiger partial charge in [-0.15, -0.1) is 0 Å². The van der Waals surface area contributed by atoms with E-state index in [0.29, 0.717) is 12.2 Å². The van der Waals surface area contributed by atoms with Gasteiger partial charge in [-0.3, -0.25) is 9.78 Å². The molecule has 4 aromatic rings. The van der Waals surface area contributed by atoms with E-state index in [-0.39, 0.29) is 11.7 Å². The van der Waals surface area contributed by atoms with Crippen LogP contribution in [0.25, 0.3) is 21.7 Å². The van der Waals surface area contributed by atoms with Crippen LogP contribution in [0.5, 0.6) is 11.5 Å². The maximum Gasteiger partial charge on any atom is 0.308 e. The van der Waals surface area contributed by atoms with Gasteiger partial charge in [0.25, 0.3) is 0 Å². The maximum atomic E-state index is 11.2. The number of hydrogen-bond donors (Lipinski definition) is 1. The number of aromatic nitrogens is 1. The van der Waals surface area contributed by atoms with Crippen LogP contribution in [-0.4, -0.2) is 16.1 Å². The number of aromatic hydroxyl groups is 1. The molecule has 1 aromatic heterocycles. The number of pyridine rings is 1. The first kappa shape index (κ1) is 16.1. The molecule has 0 aliphatic heterocycles. The molecular weight excluding hydrogens is 326 g/mol. The van der Waals surface area contributed by atoms with Gasteiger partial charge in [0.2, 0.25) is 0 Å². The molecule has 1 N–H and O–H groups in total. The zero-order chi connectivity index (χ0) is 18.1. The summed E-state index contributed by atoms with van der Waals surface area (Å²) in [4.78, 5) is 15.7. The van der Waals surface area contributed by atoms with Gasteiger partial charge in [-0.05, 0) is 40.6 Å². The van der Waals surface area contributed by atoms with Crippen molar-refractivity contribution in [3.8, 4) is 11.5 Å². The molecular formula is C22H17NO3. The zero-order valence-electron chi connectivity index (χ0n) is 14.3. The van der Waals surface area contributed by atoms with Gasteiger partial charge in [0.05, 0.1) is 5.52 Å². The van der Waals surface area contributed by atoms with E-state index in [1.807, 2.05) is 42.5 Å². The molecule has 0 aliphatic rings. The quantitative estimate of drug-likeness (QED) is 0.436.